The monoisotopic (exact) mass is 336 g/mol. The van der Waals surface area contributed by atoms with Gasteiger partial charge in [0.05, 0.1) is 25.7 Å². The van der Waals surface area contributed by atoms with Gasteiger partial charge in [-0.1, -0.05) is 24.3 Å². The minimum Gasteiger partial charge on any atom is -0.490 e. The van der Waals surface area contributed by atoms with Crippen molar-refractivity contribution in [2.75, 3.05) is 13.2 Å². The molecule has 0 aliphatic heterocycles. The van der Waals surface area contributed by atoms with Gasteiger partial charge in [-0.3, -0.25) is 0 Å². The predicted molar refractivity (Wildman–Crippen MR) is 97.3 cm³/mol. The Morgan fingerprint density at radius 3 is 1.64 bits per heavy atom. The van der Waals surface area contributed by atoms with Gasteiger partial charge in [-0.25, -0.2) is 0 Å². The molecule has 4 aromatic rings. The zero-order valence-corrected chi connectivity index (χ0v) is 13.9. The number of hydrogen-bond acceptors (Lipinski definition) is 4. The van der Waals surface area contributed by atoms with Crippen molar-refractivity contribution < 1.29 is 18.3 Å². The minimum absolute atomic E-state index is 0.674. The van der Waals surface area contributed by atoms with Crippen LogP contribution < -0.4 is 9.47 Å². The average molecular weight is 336 g/mol. The molecule has 0 atom stereocenters. The molecule has 0 bridgehead atoms. The maximum atomic E-state index is 5.84. The van der Waals surface area contributed by atoms with Crippen molar-refractivity contribution in [3.63, 3.8) is 0 Å². The molecular formula is C21H20O4. The molecule has 0 aliphatic carbocycles. The van der Waals surface area contributed by atoms with Gasteiger partial charge in [-0.05, 0) is 43.5 Å². The Kier molecular flexibility index (Phi) is 4.59. The van der Waals surface area contributed by atoms with Crippen LogP contribution in [0.25, 0.3) is 21.9 Å². The molecule has 0 radical (unpaired) electrons. The molecule has 2 aromatic carbocycles. The van der Waals surface area contributed by atoms with Crippen LogP contribution in [0.1, 0.15) is 19.3 Å². The molecule has 0 unspecified atom stereocenters. The topological polar surface area (TPSA) is 44.7 Å². The van der Waals surface area contributed by atoms with E-state index in [1.165, 1.54) is 0 Å². The van der Waals surface area contributed by atoms with Crippen molar-refractivity contribution in [3.8, 4) is 11.5 Å². The number of para-hydroxylation sites is 2. The second kappa shape index (κ2) is 7.34. The third-order valence-corrected chi connectivity index (χ3v) is 4.19. The van der Waals surface area contributed by atoms with Crippen molar-refractivity contribution in [1.82, 2.24) is 0 Å². The molecule has 0 N–H and O–H groups in total. The molecule has 25 heavy (non-hydrogen) atoms. The summed E-state index contributed by atoms with van der Waals surface area (Å²) in [5.41, 5.74) is 1.63. The van der Waals surface area contributed by atoms with Gasteiger partial charge in [0.1, 0.15) is 0 Å². The summed E-state index contributed by atoms with van der Waals surface area (Å²) in [6.07, 6.45) is 6.38. The van der Waals surface area contributed by atoms with E-state index in [0.29, 0.717) is 13.2 Å². The molecule has 0 saturated heterocycles. The Bertz CT molecular complexity index is 873. The number of hydrogen-bond donors (Lipinski definition) is 0. The van der Waals surface area contributed by atoms with Crippen LogP contribution >= 0.6 is 0 Å². The Balaban J connectivity index is 1.19. The van der Waals surface area contributed by atoms with Gasteiger partial charge < -0.3 is 18.3 Å². The van der Waals surface area contributed by atoms with E-state index in [-0.39, 0.29) is 0 Å². The lowest BCUT2D eigenvalue weighted by molar-refractivity contribution is 0.279. The van der Waals surface area contributed by atoms with E-state index in [1.807, 2.05) is 48.5 Å². The maximum Gasteiger partial charge on any atom is 0.175 e. The van der Waals surface area contributed by atoms with Gasteiger partial charge in [-0.2, -0.15) is 0 Å². The summed E-state index contributed by atoms with van der Waals surface area (Å²) in [5.74, 6) is 1.62. The number of ether oxygens (including phenoxy) is 2. The van der Waals surface area contributed by atoms with Gasteiger partial charge >= 0.3 is 0 Å². The normalized spacial score (nSPS) is 11.2. The van der Waals surface area contributed by atoms with Crippen LogP contribution in [0.2, 0.25) is 0 Å². The molecule has 0 amide bonds. The average Bonchev–Trinajstić information content (AvgIpc) is 3.30. The Morgan fingerprint density at radius 1 is 0.600 bits per heavy atom. The largest absolute Gasteiger partial charge is 0.490 e. The first kappa shape index (κ1) is 15.6. The van der Waals surface area contributed by atoms with Crippen LogP contribution in [0, 0.1) is 0 Å². The van der Waals surface area contributed by atoms with E-state index in [4.69, 9.17) is 18.3 Å². The zero-order valence-electron chi connectivity index (χ0n) is 13.9. The van der Waals surface area contributed by atoms with E-state index in [1.54, 1.807) is 12.5 Å². The molecule has 128 valence electrons. The SMILES string of the molecule is c1cc(OCCCCCOc2cccc3ccoc23)c2occc2c1. The lowest BCUT2D eigenvalue weighted by Gasteiger charge is -2.08. The second-order valence-corrected chi connectivity index (χ2v) is 5.95. The summed E-state index contributed by atoms with van der Waals surface area (Å²) in [5, 5.41) is 2.14. The lowest BCUT2D eigenvalue weighted by atomic mass is 10.2. The van der Waals surface area contributed by atoms with E-state index in [2.05, 4.69) is 0 Å². The molecule has 2 aromatic heterocycles. The molecule has 2 heterocycles. The lowest BCUT2D eigenvalue weighted by Crippen LogP contribution is -2.01. The van der Waals surface area contributed by atoms with Crippen LogP contribution in [0.4, 0.5) is 0 Å². The summed E-state index contributed by atoms with van der Waals surface area (Å²) in [4.78, 5) is 0. The number of fused-ring (bicyclic) bond motifs is 2. The summed E-state index contributed by atoms with van der Waals surface area (Å²) in [7, 11) is 0. The molecular weight excluding hydrogens is 316 g/mol. The summed E-state index contributed by atoms with van der Waals surface area (Å²) in [6, 6.07) is 15.8. The summed E-state index contributed by atoms with van der Waals surface area (Å²) in [6.45, 7) is 1.35. The fourth-order valence-electron chi connectivity index (χ4n) is 2.90. The van der Waals surface area contributed by atoms with Gasteiger partial charge in [0.15, 0.2) is 22.7 Å². The predicted octanol–water partition coefficient (Wildman–Crippen LogP) is 5.81. The Morgan fingerprint density at radius 2 is 1.12 bits per heavy atom. The fourth-order valence-corrected chi connectivity index (χ4v) is 2.90. The zero-order chi connectivity index (χ0) is 16.9. The van der Waals surface area contributed by atoms with Crippen molar-refractivity contribution in [2.24, 2.45) is 0 Å². The van der Waals surface area contributed by atoms with Crippen LogP contribution in [-0.4, -0.2) is 13.2 Å². The number of furan rings is 2. The summed E-state index contributed by atoms with van der Waals surface area (Å²) < 4.78 is 22.6. The van der Waals surface area contributed by atoms with Gasteiger partial charge in [0, 0.05) is 10.8 Å². The smallest absolute Gasteiger partial charge is 0.175 e. The second-order valence-electron chi connectivity index (χ2n) is 5.95. The molecule has 4 rings (SSSR count). The number of unbranched alkanes of at least 4 members (excludes halogenated alkanes) is 2. The van der Waals surface area contributed by atoms with E-state index in [0.717, 1.165) is 52.7 Å². The first-order valence-corrected chi connectivity index (χ1v) is 8.60. The minimum atomic E-state index is 0.674. The van der Waals surface area contributed by atoms with Gasteiger partial charge in [0.25, 0.3) is 0 Å². The third kappa shape index (κ3) is 3.48. The standard InChI is InChI=1S/C21H20O4/c1(2-12-22-18-8-4-6-16-10-14-24-20(16)18)3-13-23-19-9-5-7-17-11-15-25-21(17)19/h4-11,14-15H,1-3,12-13H2. The van der Waals surface area contributed by atoms with Crippen LogP contribution in [0.5, 0.6) is 11.5 Å². The van der Waals surface area contributed by atoms with Crippen LogP contribution in [0.3, 0.4) is 0 Å². The quantitative estimate of drug-likeness (QED) is 0.381. The van der Waals surface area contributed by atoms with Crippen LogP contribution in [0.15, 0.2) is 69.9 Å². The Hall–Kier alpha value is -2.88. The van der Waals surface area contributed by atoms with Crippen LogP contribution in [-0.2, 0) is 0 Å². The summed E-state index contributed by atoms with van der Waals surface area (Å²) >= 11 is 0. The first-order chi connectivity index (χ1) is 12.4. The molecule has 4 heteroatoms. The molecule has 0 spiro atoms. The highest BCUT2D eigenvalue weighted by atomic mass is 16.5. The third-order valence-electron chi connectivity index (χ3n) is 4.19. The van der Waals surface area contributed by atoms with Gasteiger partial charge in [-0.15, -0.1) is 0 Å². The molecule has 4 nitrogen and oxygen atoms in total. The highest BCUT2D eigenvalue weighted by Gasteiger charge is 2.06. The fraction of sp³-hybridized carbons (Fsp3) is 0.238. The number of rotatable bonds is 8. The highest BCUT2D eigenvalue weighted by Crippen LogP contribution is 2.27. The Labute approximate surface area is 145 Å². The van der Waals surface area contributed by atoms with E-state index >= 15 is 0 Å². The molecule has 0 saturated carbocycles. The molecule has 0 fully saturated rings. The van der Waals surface area contributed by atoms with E-state index in [9.17, 15) is 0 Å². The van der Waals surface area contributed by atoms with Gasteiger partial charge in [0.2, 0.25) is 0 Å². The maximum absolute atomic E-state index is 5.84. The van der Waals surface area contributed by atoms with E-state index < -0.39 is 0 Å². The van der Waals surface area contributed by atoms with Crippen molar-refractivity contribution in [1.29, 1.82) is 0 Å². The molecule has 0 aliphatic rings. The highest BCUT2D eigenvalue weighted by molar-refractivity contribution is 5.83. The van der Waals surface area contributed by atoms with Crippen molar-refractivity contribution in [2.45, 2.75) is 19.3 Å². The van der Waals surface area contributed by atoms with Crippen molar-refractivity contribution >= 4 is 21.9 Å². The number of benzene rings is 2. The van der Waals surface area contributed by atoms with Crippen molar-refractivity contribution in [3.05, 3.63) is 61.1 Å². The first-order valence-electron chi connectivity index (χ1n) is 8.60.